The molecule has 3 rings (SSSR count). The fourth-order valence-corrected chi connectivity index (χ4v) is 2.53. The molecule has 1 fully saturated rings. The van der Waals surface area contributed by atoms with Gasteiger partial charge in [0.1, 0.15) is 0 Å². The highest BCUT2D eigenvalue weighted by molar-refractivity contribution is 6.00. The summed E-state index contributed by atoms with van der Waals surface area (Å²) in [7, 11) is 0. The van der Waals surface area contributed by atoms with Crippen LogP contribution < -0.4 is 5.32 Å². The molecular weight excluding hydrogens is 224 g/mol. The first-order valence-corrected chi connectivity index (χ1v) is 6.44. The number of hydrogen-bond acceptors (Lipinski definition) is 3. The Hall–Kier alpha value is -1.74. The molecule has 1 atom stereocenters. The lowest BCUT2D eigenvalue weighted by molar-refractivity contribution is 0.0900. The molecule has 0 amide bonds. The number of rotatable bonds is 2. The summed E-state index contributed by atoms with van der Waals surface area (Å²) in [4.78, 5) is 16.7. The first kappa shape index (κ1) is 11.4. The summed E-state index contributed by atoms with van der Waals surface area (Å²) in [5.74, 6) is 0.370. The van der Waals surface area contributed by atoms with Crippen molar-refractivity contribution in [3.05, 3.63) is 42.1 Å². The lowest BCUT2D eigenvalue weighted by atomic mass is 9.90. The van der Waals surface area contributed by atoms with Gasteiger partial charge in [-0.2, -0.15) is 0 Å². The minimum absolute atomic E-state index is 0.125. The summed E-state index contributed by atoms with van der Waals surface area (Å²) in [5.41, 5.74) is 1.68. The number of benzene rings is 1. The Morgan fingerprint density at radius 2 is 2.28 bits per heavy atom. The van der Waals surface area contributed by atoms with Gasteiger partial charge in [-0.15, -0.1) is 0 Å². The quantitative estimate of drug-likeness (QED) is 0.820. The summed E-state index contributed by atoms with van der Waals surface area (Å²) in [6, 6.07) is 9.73. The van der Waals surface area contributed by atoms with Crippen molar-refractivity contribution in [2.24, 2.45) is 5.92 Å². The number of carbonyl (C=O) groups is 1. The molecule has 0 aliphatic carbocycles. The summed E-state index contributed by atoms with van der Waals surface area (Å²) >= 11 is 0. The fourth-order valence-electron chi connectivity index (χ4n) is 2.53. The Balaban J connectivity index is 1.91. The average Bonchev–Trinajstić information content (AvgIpc) is 2.47. The highest BCUT2D eigenvalue weighted by Gasteiger charge is 2.22. The van der Waals surface area contributed by atoms with Crippen molar-refractivity contribution in [1.29, 1.82) is 0 Å². The van der Waals surface area contributed by atoms with E-state index in [1.807, 2.05) is 30.3 Å². The van der Waals surface area contributed by atoms with Crippen LogP contribution in [-0.4, -0.2) is 23.9 Å². The minimum atomic E-state index is 0.125. The Morgan fingerprint density at radius 3 is 3.11 bits per heavy atom. The summed E-state index contributed by atoms with van der Waals surface area (Å²) in [5, 5.41) is 4.37. The summed E-state index contributed by atoms with van der Waals surface area (Å²) in [6.45, 7) is 1.84. The molecule has 18 heavy (non-hydrogen) atoms. The second-order valence-electron chi connectivity index (χ2n) is 4.82. The van der Waals surface area contributed by atoms with Crippen LogP contribution in [0.4, 0.5) is 0 Å². The van der Waals surface area contributed by atoms with E-state index in [2.05, 4.69) is 10.3 Å². The molecule has 1 unspecified atom stereocenters. The second kappa shape index (κ2) is 4.86. The van der Waals surface area contributed by atoms with E-state index in [0.29, 0.717) is 0 Å². The van der Waals surface area contributed by atoms with Crippen LogP contribution >= 0.6 is 0 Å². The predicted molar refractivity (Wildman–Crippen MR) is 71.7 cm³/mol. The summed E-state index contributed by atoms with van der Waals surface area (Å²) in [6.07, 6.45) is 3.84. The van der Waals surface area contributed by atoms with E-state index in [-0.39, 0.29) is 11.7 Å². The van der Waals surface area contributed by atoms with Crippen LogP contribution in [0.1, 0.15) is 23.2 Å². The maximum absolute atomic E-state index is 12.4. The van der Waals surface area contributed by atoms with Crippen molar-refractivity contribution in [2.75, 3.05) is 13.1 Å². The standard InChI is InChI=1S/C15H16N2O/c18-15(13-4-1-7-16-10-13)12-6-5-11-3-2-8-17-14(11)9-12/h2-3,5-6,8-9,13,16H,1,4,7,10H2. The van der Waals surface area contributed by atoms with Gasteiger partial charge in [-0.3, -0.25) is 9.78 Å². The molecule has 1 aliphatic rings. The molecule has 1 aromatic carbocycles. The van der Waals surface area contributed by atoms with Gasteiger partial charge >= 0.3 is 0 Å². The Bertz CT molecular complexity index is 573. The van der Waals surface area contributed by atoms with E-state index in [1.165, 1.54) is 0 Å². The zero-order valence-electron chi connectivity index (χ0n) is 10.2. The third-order valence-corrected chi connectivity index (χ3v) is 3.56. The van der Waals surface area contributed by atoms with Crippen molar-refractivity contribution < 1.29 is 4.79 Å². The Morgan fingerprint density at radius 1 is 1.33 bits per heavy atom. The van der Waals surface area contributed by atoms with Gasteiger partial charge in [0, 0.05) is 29.6 Å². The van der Waals surface area contributed by atoms with Crippen LogP contribution in [0, 0.1) is 5.92 Å². The van der Waals surface area contributed by atoms with Crippen molar-refractivity contribution in [3.63, 3.8) is 0 Å². The van der Waals surface area contributed by atoms with E-state index in [0.717, 1.165) is 42.4 Å². The Labute approximate surface area is 106 Å². The van der Waals surface area contributed by atoms with Gasteiger partial charge in [0.15, 0.2) is 5.78 Å². The average molecular weight is 240 g/mol. The number of piperidine rings is 1. The maximum Gasteiger partial charge on any atom is 0.167 e. The predicted octanol–water partition coefficient (Wildman–Crippen LogP) is 2.42. The molecule has 0 radical (unpaired) electrons. The van der Waals surface area contributed by atoms with Crippen LogP contribution in [0.25, 0.3) is 10.9 Å². The molecule has 1 aliphatic heterocycles. The van der Waals surface area contributed by atoms with Gasteiger partial charge in [0.25, 0.3) is 0 Å². The van der Waals surface area contributed by atoms with Crippen molar-refractivity contribution in [1.82, 2.24) is 10.3 Å². The van der Waals surface area contributed by atoms with E-state index in [4.69, 9.17) is 0 Å². The first-order chi connectivity index (χ1) is 8.84. The van der Waals surface area contributed by atoms with E-state index in [1.54, 1.807) is 6.20 Å². The molecule has 1 N–H and O–H groups in total. The van der Waals surface area contributed by atoms with E-state index >= 15 is 0 Å². The maximum atomic E-state index is 12.4. The van der Waals surface area contributed by atoms with Gasteiger partial charge in [-0.05, 0) is 31.5 Å². The number of fused-ring (bicyclic) bond motifs is 1. The normalized spacial score (nSPS) is 19.9. The molecular formula is C15H16N2O. The lowest BCUT2D eigenvalue weighted by Crippen LogP contribution is -2.34. The highest BCUT2D eigenvalue weighted by Crippen LogP contribution is 2.19. The van der Waals surface area contributed by atoms with Gasteiger partial charge < -0.3 is 5.32 Å². The van der Waals surface area contributed by atoms with Crippen LogP contribution in [0.2, 0.25) is 0 Å². The third-order valence-electron chi connectivity index (χ3n) is 3.56. The monoisotopic (exact) mass is 240 g/mol. The smallest absolute Gasteiger partial charge is 0.167 e. The SMILES string of the molecule is O=C(c1ccc2cccnc2c1)C1CCCNC1. The second-order valence-corrected chi connectivity index (χ2v) is 4.82. The molecule has 0 bridgehead atoms. The van der Waals surface area contributed by atoms with E-state index in [9.17, 15) is 4.79 Å². The lowest BCUT2D eigenvalue weighted by Gasteiger charge is -2.21. The number of carbonyl (C=O) groups excluding carboxylic acids is 1. The first-order valence-electron chi connectivity index (χ1n) is 6.44. The van der Waals surface area contributed by atoms with Crippen LogP contribution in [0.3, 0.4) is 0 Å². The topological polar surface area (TPSA) is 42.0 Å². The molecule has 0 saturated carbocycles. The highest BCUT2D eigenvalue weighted by atomic mass is 16.1. The zero-order chi connectivity index (χ0) is 12.4. The van der Waals surface area contributed by atoms with Gasteiger partial charge in [-0.25, -0.2) is 0 Å². The number of nitrogens with one attached hydrogen (secondary N) is 1. The van der Waals surface area contributed by atoms with Gasteiger partial charge in [0.05, 0.1) is 5.52 Å². The fraction of sp³-hybridized carbons (Fsp3) is 0.333. The Kier molecular flexibility index (Phi) is 3.07. The van der Waals surface area contributed by atoms with Gasteiger partial charge in [0.2, 0.25) is 0 Å². The number of Topliss-reactive ketones (excluding diaryl/α,β-unsaturated/α-hetero) is 1. The number of hydrogen-bond donors (Lipinski definition) is 1. The number of nitrogens with zero attached hydrogens (tertiary/aromatic N) is 1. The van der Waals surface area contributed by atoms with Crippen molar-refractivity contribution >= 4 is 16.7 Å². The van der Waals surface area contributed by atoms with Gasteiger partial charge in [-0.1, -0.05) is 18.2 Å². The zero-order valence-corrected chi connectivity index (χ0v) is 10.2. The van der Waals surface area contributed by atoms with Crippen LogP contribution in [0.5, 0.6) is 0 Å². The molecule has 0 spiro atoms. The largest absolute Gasteiger partial charge is 0.316 e. The number of ketones is 1. The molecule has 1 saturated heterocycles. The molecule has 92 valence electrons. The molecule has 2 heterocycles. The number of aromatic nitrogens is 1. The minimum Gasteiger partial charge on any atom is -0.316 e. The molecule has 2 aromatic rings. The van der Waals surface area contributed by atoms with Crippen LogP contribution in [-0.2, 0) is 0 Å². The number of pyridine rings is 1. The molecule has 3 heteroatoms. The van der Waals surface area contributed by atoms with Crippen molar-refractivity contribution in [2.45, 2.75) is 12.8 Å². The van der Waals surface area contributed by atoms with Crippen LogP contribution in [0.15, 0.2) is 36.5 Å². The van der Waals surface area contributed by atoms with Crippen molar-refractivity contribution in [3.8, 4) is 0 Å². The van der Waals surface area contributed by atoms with E-state index < -0.39 is 0 Å². The molecule has 3 nitrogen and oxygen atoms in total. The third kappa shape index (κ3) is 2.14. The molecule has 1 aromatic heterocycles. The summed E-state index contributed by atoms with van der Waals surface area (Å²) < 4.78 is 0.